The van der Waals surface area contributed by atoms with Crippen molar-refractivity contribution in [3.8, 4) is 0 Å². The molecule has 0 heterocycles. The van der Waals surface area contributed by atoms with Gasteiger partial charge in [0, 0.05) is 12.6 Å². The van der Waals surface area contributed by atoms with Crippen LogP contribution in [0.25, 0.3) is 0 Å². The molecule has 0 radical (unpaired) electrons. The van der Waals surface area contributed by atoms with Crippen LogP contribution in [0.1, 0.15) is 19.8 Å². The van der Waals surface area contributed by atoms with Crippen molar-refractivity contribution >= 4 is 0 Å². The Morgan fingerprint density at radius 3 is 2.55 bits per heavy atom. The molecule has 3 nitrogen and oxygen atoms in total. The van der Waals surface area contributed by atoms with E-state index < -0.39 is 0 Å². The second-order valence-corrected chi connectivity index (χ2v) is 3.15. The van der Waals surface area contributed by atoms with E-state index in [1.165, 1.54) is 0 Å². The summed E-state index contributed by atoms with van der Waals surface area (Å²) in [5.74, 6) is 0. The highest BCUT2D eigenvalue weighted by Crippen LogP contribution is 1.94. The molecule has 0 aromatic rings. The van der Waals surface area contributed by atoms with Crippen LogP contribution in [0.2, 0.25) is 0 Å². The molecule has 0 aliphatic heterocycles. The summed E-state index contributed by atoms with van der Waals surface area (Å²) in [5.41, 5.74) is 5.58. The van der Waals surface area contributed by atoms with Gasteiger partial charge in [0.25, 0.3) is 0 Å². The Balaban J connectivity index is 3.10. The second-order valence-electron chi connectivity index (χ2n) is 3.15. The minimum atomic E-state index is 0.245. The van der Waals surface area contributed by atoms with Crippen LogP contribution in [0.15, 0.2) is 0 Å². The number of nitrogens with two attached hydrogens (primary N) is 1. The van der Waals surface area contributed by atoms with Crippen molar-refractivity contribution in [2.24, 2.45) is 5.73 Å². The first-order valence-electron chi connectivity index (χ1n) is 4.21. The van der Waals surface area contributed by atoms with Crippen LogP contribution in [0.3, 0.4) is 0 Å². The summed E-state index contributed by atoms with van der Waals surface area (Å²) in [7, 11) is 2.01. The Morgan fingerprint density at radius 2 is 2.09 bits per heavy atom. The summed E-state index contributed by atoms with van der Waals surface area (Å²) in [5, 5.41) is 8.58. The quantitative estimate of drug-likeness (QED) is 0.576. The zero-order valence-electron chi connectivity index (χ0n) is 7.58. The minimum absolute atomic E-state index is 0.245. The van der Waals surface area contributed by atoms with E-state index in [-0.39, 0.29) is 6.61 Å². The molecule has 0 aromatic heterocycles. The predicted octanol–water partition coefficient (Wildman–Crippen LogP) is 0.0379. The zero-order valence-corrected chi connectivity index (χ0v) is 7.58. The standard InChI is InChI=1S/C8H20N2O/c1-8(9)4-3-5-10(2)6-7-11/h8,11H,3-7,9H2,1-2H3. The van der Waals surface area contributed by atoms with Gasteiger partial charge in [0.1, 0.15) is 0 Å². The first kappa shape index (κ1) is 10.9. The molecule has 11 heavy (non-hydrogen) atoms. The van der Waals surface area contributed by atoms with Crippen molar-refractivity contribution in [1.29, 1.82) is 0 Å². The second kappa shape index (κ2) is 6.58. The van der Waals surface area contributed by atoms with Gasteiger partial charge < -0.3 is 15.7 Å². The average molecular weight is 160 g/mol. The van der Waals surface area contributed by atoms with E-state index in [4.69, 9.17) is 10.8 Å². The maximum absolute atomic E-state index is 8.58. The van der Waals surface area contributed by atoms with Crippen LogP contribution in [0.5, 0.6) is 0 Å². The van der Waals surface area contributed by atoms with Gasteiger partial charge in [-0.1, -0.05) is 0 Å². The average Bonchev–Trinajstić information content (AvgIpc) is 1.87. The Hall–Kier alpha value is -0.120. The summed E-state index contributed by atoms with van der Waals surface area (Å²) in [6, 6.07) is 0.303. The molecule has 0 saturated carbocycles. The van der Waals surface area contributed by atoms with Crippen molar-refractivity contribution in [3.05, 3.63) is 0 Å². The topological polar surface area (TPSA) is 49.5 Å². The Morgan fingerprint density at radius 1 is 1.45 bits per heavy atom. The van der Waals surface area contributed by atoms with Crippen molar-refractivity contribution in [2.75, 3.05) is 26.7 Å². The summed E-state index contributed by atoms with van der Waals surface area (Å²) in [4.78, 5) is 2.11. The summed E-state index contributed by atoms with van der Waals surface area (Å²) in [6.07, 6.45) is 2.18. The lowest BCUT2D eigenvalue weighted by Crippen LogP contribution is -2.25. The van der Waals surface area contributed by atoms with Crippen LogP contribution in [-0.2, 0) is 0 Å². The SMILES string of the molecule is CC(N)CCCN(C)CCO. The zero-order chi connectivity index (χ0) is 8.69. The Bertz CT molecular complexity index is 86.2. The highest BCUT2D eigenvalue weighted by Gasteiger charge is 1.98. The number of hydrogen-bond acceptors (Lipinski definition) is 3. The fraction of sp³-hybridized carbons (Fsp3) is 1.00. The third kappa shape index (κ3) is 7.78. The van der Waals surface area contributed by atoms with E-state index in [1.54, 1.807) is 0 Å². The lowest BCUT2D eigenvalue weighted by Gasteiger charge is -2.15. The van der Waals surface area contributed by atoms with Gasteiger partial charge in [-0.15, -0.1) is 0 Å². The van der Waals surface area contributed by atoms with Gasteiger partial charge >= 0.3 is 0 Å². The number of likely N-dealkylation sites (N-methyl/N-ethyl adjacent to an activating group) is 1. The molecule has 0 rings (SSSR count). The van der Waals surface area contributed by atoms with Crippen LogP contribution in [0.4, 0.5) is 0 Å². The Labute approximate surface area is 69.2 Å². The van der Waals surface area contributed by atoms with E-state index in [1.807, 2.05) is 14.0 Å². The predicted molar refractivity (Wildman–Crippen MR) is 47.5 cm³/mol. The van der Waals surface area contributed by atoms with E-state index >= 15 is 0 Å². The van der Waals surface area contributed by atoms with Crippen molar-refractivity contribution in [1.82, 2.24) is 4.90 Å². The largest absolute Gasteiger partial charge is 0.395 e. The van der Waals surface area contributed by atoms with Crippen molar-refractivity contribution in [2.45, 2.75) is 25.8 Å². The van der Waals surface area contributed by atoms with E-state index in [0.717, 1.165) is 25.9 Å². The molecule has 0 aromatic carbocycles. The van der Waals surface area contributed by atoms with Gasteiger partial charge in [0.15, 0.2) is 0 Å². The van der Waals surface area contributed by atoms with E-state index in [2.05, 4.69) is 4.90 Å². The smallest absolute Gasteiger partial charge is 0.0558 e. The molecular formula is C8H20N2O. The number of nitrogens with zero attached hydrogens (tertiary/aromatic N) is 1. The molecule has 0 aliphatic rings. The summed E-state index contributed by atoms with van der Waals surface area (Å²) < 4.78 is 0. The van der Waals surface area contributed by atoms with Crippen LogP contribution in [-0.4, -0.2) is 42.8 Å². The molecule has 3 heteroatoms. The molecule has 0 fully saturated rings. The highest BCUT2D eigenvalue weighted by atomic mass is 16.3. The first-order valence-corrected chi connectivity index (χ1v) is 4.21. The molecule has 1 atom stereocenters. The fourth-order valence-corrected chi connectivity index (χ4v) is 0.966. The fourth-order valence-electron chi connectivity index (χ4n) is 0.966. The van der Waals surface area contributed by atoms with E-state index in [0.29, 0.717) is 6.04 Å². The van der Waals surface area contributed by atoms with Crippen LogP contribution >= 0.6 is 0 Å². The summed E-state index contributed by atoms with van der Waals surface area (Å²) >= 11 is 0. The lowest BCUT2D eigenvalue weighted by atomic mass is 10.2. The normalized spacial score (nSPS) is 13.9. The molecule has 3 N–H and O–H groups in total. The molecule has 68 valence electrons. The minimum Gasteiger partial charge on any atom is -0.395 e. The van der Waals surface area contributed by atoms with Gasteiger partial charge in [-0.2, -0.15) is 0 Å². The monoisotopic (exact) mass is 160 g/mol. The molecule has 0 spiro atoms. The summed E-state index contributed by atoms with van der Waals surface area (Å²) in [6.45, 7) is 4.06. The molecule has 1 unspecified atom stereocenters. The molecule has 0 amide bonds. The molecular weight excluding hydrogens is 140 g/mol. The maximum atomic E-state index is 8.58. The van der Waals surface area contributed by atoms with Gasteiger partial charge in [0.05, 0.1) is 6.61 Å². The molecule has 0 bridgehead atoms. The van der Waals surface area contributed by atoms with Gasteiger partial charge in [-0.05, 0) is 33.4 Å². The van der Waals surface area contributed by atoms with Gasteiger partial charge in [-0.3, -0.25) is 0 Å². The third-order valence-electron chi connectivity index (χ3n) is 1.68. The lowest BCUT2D eigenvalue weighted by molar-refractivity contribution is 0.219. The number of rotatable bonds is 6. The molecule has 0 aliphatic carbocycles. The number of aliphatic hydroxyl groups excluding tert-OH is 1. The van der Waals surface area contributed by atoms with E-state index in [9.17, 15) is 0 Å². The third-order valence-corrected chi connectivity index (χ3v) is 1.68. The Kier molecular flexibility index (Phi) is 6.51. The highest BCUT2D eigenvalue weighted by molar-refractivity contribution is 4.56. The first-order chi connectivity index (χ1) is 5.16. The number of hydrogen-bond donors (Lipinski definition) is 2. The maximum Gasteiger partial charge on any atom is 0.0558 e. The van der Waals surface area contributed by atoms with Crippen LogP contribution < -0.4 is 5.73 Å². The molecule has 0 saturated heterocycles. The number of aliphatic hydroxyl groups is 1. The van der Waals surface area contributed by atoms with Gasteiger partial charge in [0.2, 0.25) is 0 Å². The van der Waals surface area contributed by atoms with Gasteiger partial charge in [-0.25, -0.2) is 0 Å². The van der Waals surface area contributed by atoms with Crippen molar-refractivity contribution in [3.63, 3.8) is 0 Å². The van der Waals surface area contributed by atoms with Crippen molar-refractivity contribution < 1.29 is 5.11 Å². The van der Waals surface area contributed by atoms with Crippen LogP contribution in [0, 0.1) is 0 Å².